The monoisotopic (exact) mass is 486 g/mol. The van der Waals surface area contributed by atoms with Crippen molar-refractivity contribution in [3.05, 3.63) is 70.9 Å². The van der Waals surface area contributed by atoms with Gasteiger partial charge in [0.1, 0.15) is 0 Å². The molecular weight excluding hydrogens is 456 g/mol. The number of carbonyl (C=O) groups excluding carboxylic acids is 1. The smallest absolute Gasteiger partial charge is 0.252 e. The van der Waals surface area contributed by atoms with Crippen molar-refractivity contribution in [3.63, 3.8) is 0 Å². The second-order valence-corrected chi connectivity index (χ2v) is 9.45. The molecule has 2 atom stereocenters. The highest BCUT2D eigenvalue weighted by Crippen LogP contribution is 2.19. The van der Waals surface area contributed by atoms with E-state index in [9.17, 15) is 4.79 Å². The average Bonchev–Trinajstić information content (AvgIpc) is 2.81. The van der Waals surface area contributed by atoms with Gasteiger partial charge in [-0.3, -0.25) is 9.52 Å². The summed E-state index contributed by atoms with van der Waals surface area (Å²) in [4.78, 5) is 12.9. The van der Waals surface area contributed by atoms with Crippen molar-refractivity contribution in [3.8, 4) is 0 Å². The summed E-state index contributed by atoms with van der Waals surface area (Å²) in [5.41, 5.74) is 14.0. The van der Waals surface area contributed by atoms with Gasteiger partial charge in [-0.2, -0.15) is 0 Å². The quantitative estimate of drug-likeness (QED) is 0.163. The molecule has 7 nitrogen and oxygen atoms in total. The SMILES string of the molecule is N=C(CNc1ccc(SNCc2ccc(Cl)cc2)cc1)/C(=C\N[C@H]1CCCCC1N)C(N)=O. The van der Waals surface area contributed by atoms with Gasteiger partial charge in [-0.15, -0.1) is 0 Å². The van der Waals surface area contributed by atoms with E-state index in [0.29, 0.717) is 0 Å². The number of hydrogen-bond donors (Lipinski definition) is 6. The summed E-state index contributed by atoms with van der Waals surface area (Å²) >= 11 is 7.45. The number of benzene rings is 2. The van der Waals surface area contributed by atoms with Gasteiger partial charge in [0.15, 0.2) is 0 Å². The summed E-state index contributed by atoms with van der Waals surface area (Å²) in [7, 11) is 0. The van der Waals surface area contributed by atoms with Gasteiger partial charge in [-0.05, 0) is 66.8 Å². The third-order valence-electron chi connectivity index (χ3n) is 5.55. The summed E-state index contributed by atoms with van der Waals surface area (Å²) in [6.07, 6.45) is 5.69. The summed E-state index contributed by atoms with van der Waals surface area (Å²) in [6, 6.07) is 15.7. The molecule has 176 valence electrons. The van der Waals surface area contributed by atoms with E-state index in [2.05, 4.69) is 15.4 Å². The normalized spacial score (nSPS) is 18.5. The Morgan fingerprint density at radius 3 is 2.48 bits per heavy atom. The fourth-order valence-electron chi connectivity index (χ4n) is 3.60. The third kappa shape index (κ3) is 8.08. The Hall–Kier alpha value is -2.52. The number of rotatable bonds is 11. The fraction of sp³-hybridized carbons (Fsp3) is 0.333. The molecule has 33 heavy (non-hydrogen) atoms. The van der Waals surface area contributed by atoms with E-state index >= 15 is 0 Å². The van der Waals surface area contributed by atoms with Gasteiger partial charge in [0.2, 0.25) is 0 Å². The Balaban J connectivity index is 1.46. The molecule has 1 fully saturated rings. The number of amides is 1. The van der Waals surface area contributed by atoms with E-state index in [-0.39, 0.29) is 29.9 Å². The van der Waals surface area contributed by atoms with Crippen LogP contribution in [-0.2, 0) is 11.3 Å². The minimum Gasteiger partial charge on any atom is -0.386 e. The summed E-state index contributed by atoms with van der Waals surface area (Å²) in [6.45, 7) is 0.912. The number of hydrogen-bond acceptors (Lipinski definition) is 7. The molecule has 1 unspecified atom stereocenters. The maximum atomic E-state index is 11.9. The minimum absolute atomic E-state index is 0.0495. The maximum absolute atomic E-state index is 11.9. The van der Waals surface area contributed by atoms with Crippen LogP contribution >= 0.6 is 23.5 Å². The van der Waals surface area contributed by atoms with Crippen LogP contribution in [0.1, 0.15) is 31.2 Å². The van der Waals surface area contributed by atoms with E-state index in [1.807, 2.05) is 48.5 Å². The number of halogens is 1. The van der Waals surface area contributed by atoms with Crippen LogP contribution in [0.15, 0.2) is 65.2 Å². The molecule has 1 aliphatic carbocycles. The lowest BCUT2D eigenvalue weighted by atomic mass is 9.91. The van der Waals surface area contributed by atoms with Crippen LogP contribution in [0.2, 0.25) is 5.02 Å². The zero-order valence-corrected chi connectivity index (χ0v) is 20.0. The molecule has 0 radical (unpaired) electrons. The van der Waals surface area contributed by atoms with Gasteiger partial charge in [-0.25, -0.2) is 0 Å². The molecule has 0 aliphatic heterocycles. The molecule has 9 heteroatoms. The molecule has 0 saturated heterocycles. The van der Waals surface area contributed by atoms with E-state index in [1.54, 1.807) is 6.20 Å². The van der Waals surface area contributed by atoms with Crippen LogP contribution in [-0.4, -0.2) is 30.2 Å². The van der Waals surface area contributed by atoms with Crippen molar-refractivity contribution in [1.29, 1.82) is 5.41 Å². The fourth-order valence-corrected chi connectivity index (χ4v) is 4.40. The summed E-state index contributed by atoms with van der Waals surface area (Å²) in [5.74, 6) is -0.628. The number of nitrogens with two attached hydrogens (primary N) is 2. The summed E-state index contributed by atoms with van der Waals surface area (Å²) in [5, 5.41) is 15.4. The lowest BCUT2D eigenvalue weighted by Crippen LogP contribution is -2.45. The van der Waals surface area contributed by atoms with Crippen molar-refractivity contribution >= 4 is 40.9 Å². The van der Waals surface area contributed by atoms with Crippen molar-refractivity contribution in [2.75, 3.05) is 11.9 Å². The highest BCUT2D eigenvalue weighted by molar-refractivity contribution is 7.97. The van der Waals surface area contributed by atoms with Crippen LogP contribution in [0.3, 0.4) is 0 Å². The highest BCUT2D eigenvalue weighted by Gasteiger charge is 2.21. The van der Waals surface area contributed by atoms with Gasteiger partial charge in [0, 0.05) is 40.4 Å². The van der Waals surface area contributed by atoms with E-state index < -0.39 is 5.91 Å². The van der Waals surface area contributed by atoms with Crippen LogP contribution in [0, 0.1) is 5.41 Å². The topological polar surface area (TPSA) is 129 Å². The van der Waals surface area contributed by atoms with Gasteiger partial charge < -0.3 is 27.5 Å². The Morgan fingerprint density at radius 2 is 1.82 bits per heavy atom. The maximum Gasteiger partial charge on any atom is 0.252 e. The van der Waals surface area contributed by atoms with Crippen LogP contribution in [0.5, 0.6) is 0 Å². The molecule has 1 aliphatic rings. The molecule has 2 aromatic carbocycles. The van der Waals surface area contributed by atoms with E-state index in [0.717, 1.165) is 53.4 Å². The minimum atomic E-state index is -0.628. The van der Waals surface area contributed by atoms with Gasteiger partial charge in [0.05, 0.1) is 17.8 Å². The Labute approximate surface area is 204 Å². The lowest BCUT2D eigenvalue weighted by Gasteiger charge is -2.29. The van der Waals surface area contributed by atoms with E-state index in [1.165, 1.54) is 11.9 Å². The molecule has 8 N–H and O–H groups in total. The van der Waals surface area contributed by atoms with Gasteiger partial charge >= 0.3 is 0 Å². The molecule has 2 aromatic rings. The zero-order chi connectivity index (χ0) is 23.6. The molecule has 1 saturated carbocycles. The number of nitrogens with one attached hydrogen (secondary N) is 4. The predicted molar refractivity (Wildman–Crippen MR) is 137 cm³/mol. The van der Waals surface area contributed by atoms with Crippen LogP contribution < -0.4 is 26.8 Å². The second-order valence-electron chi connectivity index (χ2n) is 8.05. The largest absolute Gasteiger partial charge is 0.386 e. The number of anilines is 1. The Morgan fingerprint density at radius 1 is 1.12 bits per heavy atom. The van der Waals surface area contributed by atoms with Crippen molar-refractivity contribution in [1.82, 2.24) is 10.0 Å². The standard InChI is InChI=1S/C24H31ClN6OS/c25-17-7-5-16(6-8-17)13-31-33-19-11-9-18(10-12-19)29-15-22(27)20(24(28)32)14-30-23-4-2-1-3-21(23)26/h5-12,14,21,23,27,29-31H,1-4,13,15,26H2,(H2,28,32)/b20-14+,27-22?/t21?,23-/m0/s1. The molecule has 1 amide bonds. The first kappa shape index (κ1) is 25.1. The molecule has 0 bridgehead atoms. The second kappa shape index (κ2) is 12.6. The molecule has 0 spiro atoms. The Kier molecular flexibility index (Phi) is 9.62. The Bertz CT molecular complexity index is 964. The lowest BCUT2D eigenvalue weighted by molar-refractivity contribution is -0.114. The zero-order valence-electron chi connectivity index (χ0n) is 18.4. The first-order chi connectivity index (χ1) is 15.9. The van der Waals surface area contributed by atoms with Crippen LogP contribution in [0.4, 0.5) is 5.69 Å². The van der Waals surface area contributed by atoms with Gasteiger partial charge in [0.25, 0.3) is 5.91 Å². The molecule has 3 rings (SSSR count). The van der Waals surface area contributed by atoms with Crippen LogP contribution in [0.25, 0.3) is 0 Å². The van der Waals surface area contributed by atoms with Gasteiger partial charge in [-0.1, -0.05) is 36.6 Å². The van der Waals surface area contributed by atoms with Crippen molar-refractivity contribution in [2.45, 2.75) is 49.2 Å². The molecule has 0 heterocycles. The van der Waals surface area contributed by atoms with Crippen molar-refractivity contribution in [2.24, 2.45) is 11.5 Å². The molecular formula is C24H31ClN6OS. The third-order valence-corrected chi connectivity index (χ3v) is 6.60. The predicted octanol–water partition coefficient (Wildman–Crippen LogP) is 3.80. The highest BCUT2D eigenvalue weighted by atomic mass is 35.5. The summed E-state index contributed by atoms with van der Waals surface area (Å²) < 4.78 is 3.32. The van der Waals surface area contributed by atoms with Crippen molar-refractivity contribution < 1.29 is 4.79 Å². The number of carbonyl (C=O) groups is 1. The van der Waals surface area contributed by atoms with E-state index in [4.69, 9.17) is 28.5 Å². The average molecular weight is 487 g/mol. The number of primary amides is 1. The first-order valence-electron chi connectivity index (χ1n) is 11.0. The first-order valence-corrected chi connectivity index (χ1v) is 12.2. The molecule has 0 aromatic heterocycles.